The predicted octanol–water partition coefficient (Wildman–Crippen LogP) is 7.08. The summed E-state index contributed by atoms with van der Waals surface area (Å²) >= 11 is 0. The number of ether oxygens (including phenoxy) is 2. The summed E-state index contributed by atoms with van der Waals surface area (Å²) in [5.74, 6) is 2.04. The van der Waals surface area contributed by atoms with Crippen molar-refractivity contribution in [1.29, 1.82) is 0 Å². The normalized spacial score (nSPS) is 11.0. The Bertz CT molecular complexity index is 1450. The van der Waals surface area contributed by atoms with Gasteiger partial charge < -0.3 is 20.1 Å². The van der Waals surface area contributed by atoms with Gasteiger partial charge in [0.05, 0.1) is 11.5 Å². The van der Waals surface area contributed by atoms with E-state index in [9.17, 15) is 18.0 Å². The second-order valence-corrected chi connectivity index (χ2v) is 11.4. The van der Waals surface area contributed by atoms with Crippen molar-refractivity contribution in [3.8, 4) is 23.0 Å². The summed E-state index contributed by atoms with van der Waals surface area (Å²) in [6, 6.07) is 27.9. The highest BCUT2D eigenvalue weighted by Gasteiger charge is 2.14. The highest BCUT2D eigenvalue weighted by atomic mass is 32.2. The fourth-order valence-electron chi connectivity index (χ4n) is 3.85. The molecule has 4 rings (SSSR count). The van der Waals surface area contributed by atoms with Gasteiger partial charge in [0.25, 0.3) is 0 Å². The molecule has 0 aliphatic carbocycles. The van der Waals surface area contributed by atoms with Gasteiger partial charge in [-0.3, -0.25) is 9.59 Å². The number of anilines is 2. The van der Waals surface area contributed by atoms with Gasteiger partial charge in [-0.25, -0.2) is 8.42 Å². The minimum atomic E-state index is -3.42. The van der Waals surface area contributed by atoms with Crippen LogP contribution in [0.2, 0.25) is 0 Å². The van der Waals surface area contributed by atoms with E-state index in [0.717, 1.165) is 0 Å². The number of sulfone groups is 1. The van der Waals surface area contributed by atoms with Crippen molar-refractivity contribution in [3.05, 3.63) is 108 Å². The average Bonchev–Trinajstić information content (AvgIpc) is 2.96. The van der Waals surface area contributed by atoms with Gasteiger partial charge >= 0.3 is 0 Å². The quantitative estimate of drug-likeness (QED) is 0.188. The number of benzene rings is 4. The Balaban J connectivity index is 1.28. The first-order chi connectivity index (χ1) is 19.7. The first-order valence-corrected chi connectivity index (χ1v) is 15.1. The molecule has 4 aromatic carbocycles. The lowest BCUT2D eigenvalue weighted by Crippen LogP contribution is -2.09. The molecular weight excluding hydrogens is 540 g/mol. The Kier molecular flexibility index (Phi) is 9.76. The minimum Gasteiger partial charge on any atom is -0.457 e. The Morgan fingerprint density at radius 2 is 0.829 bits per heavy atom. The number of hydrogen-bond donors (Lipinski definition) is 2. The lowest BCUT2D eigenvalue weighted by molar-refractivity contribution is -0.116. The van der Waals surface area contributed by atoms with Gasteiger partial charge in [-0.1, -0.05) is 38.1 Å². The highest BCUT2D eigenvalue weighted by Crippen LogP contribution is 2.26. The molecule has 0 heterocycles. The van der Waals surface area contributed by atoms with Gasteiger partial charge in [-0.05, 0) is 83.9 Å². The zero-order valence-electron chi connectivity index (χ0n) is 22.9. The minimum absolute atomic E-state index is 0.0614. The smallest absolute Gasteiger partial charge is 0.224 e. The standard InChI is InChI=1S/C32H32N2O6S/c1-3-31(35)33-25-9-17-29(18-10-25)39-27-13-5-23(6-14-27)21-41(37,38)22-24-7-15-28(16-8-24)40-30-19-11-26(12-20-30)34-32(36)4-2/h5-20H,3-4,21-22H2,1-2H3,(H,33,35)(H,34,36). The van der Waals surface area contributed by atoms with Crippen LogP contribution in [0.25, 0.3) is 0 Å². The van der Waals surface area contributed by atoms with Crippen LogP contribution in [0.4, 0.5) is 11.4 Å². The van der Waals surface area contributed by atoms with Crippen molar-refractivity contribution in [2.24, 2.45) is 0 Å². The van der Waals surface area contributed by atoms with E-state index in [2.05, 4.69) is 10.6 Å². The summed E-state index contributed by atoms with van der Waals surface area (Å²) in [5.41, 5.74) is 2.70. The summed E-state index contributed by atoms with van der Waals surface area (Å²) in [6.45, 7) is 3.58. The molecule has 0 aromatic heterocycles. The summed E-state index contributed by atoms with van der Waals surface area (Å²) < 4.78 is 37.4. The maximum Gasteiger partial charge on any atom is 0.224 e. The SMILES string of the molecule is CCC(=O)Nc1ccc(Oc2ccc(CS(=O)(=O)Cc3ccc(Oc4ccc(NC(=O)CC)cc4)cc3)cc2)cc1. The summed E-state index contributed by atoms with van der Waals surface area (Å²) in [7, 11) is -3.42. The third-order valence-electron chi connectivity index (χ3n) is 6.01. The van der Waals surface area contributed by atoms with Gasteiger partial charge in [0.2, 0.25) is 11.8 Å². The molecule has 0 radical (unpaired) electrons. The Labute approximate surface area is 240 Å². The molecule has 0 aliphatic rings. The van der Waals surface area contributed by atoms with Crippen LogP contribution in [0.5, 0.6) is 23.0 Å². The van der Waals surface area contributed by atoms with Gasteiger partial charge in [0, 0.05) is 24.2 Å². The van der Waals surface area contributed by atoms with E-state index in [1.165, 1.54) is 0 Å². The molecule has 0 bridgehead atoms. The number of amides is 2. The third kappa shape index (κ3) is 9.22. The number of hydrogen-bond acceptors (Lipinski definition) is 6. The van der Waals surface area contributed by atoms with E-state index in [0.29, 0.717) is 58.3 Å². The maximum absolute atomic E-state index is 12.9. The predicted molar refractivity (Wildman–Crippen MR) is 160 cm³/mol. The van der Waals surface area contributed by atoms with Crippen LogP contribution in [0.15, 0.2) is 97.1 Å². The molecular formula is C32H32N2O6S. The van der Waals surface area contributed by atoms with E-state index in [1.54, 1.807) is 111 Å². The summed E-state index contributed by atoms with van der Waals surface area (Å²) in [6.07, 6.45) is 0.807. The maximum atomic E-state index is 12.9. The van der Waals surface area contributed by atoms with Crippen LogP contribution in [-0.2, 0) is 30.9 Å². The topological polar surface area (TPSA) is 111 Å². The van der Waals surface area contributed by atoms with E-state index in [4.69, 9.17) is 9.47 Å². The zero-order valence-corrected chi connectivity index (χ0v) is 23.7. The molecule has 0 aliphatic heterocycles. The van der Waals surface area contributed by atoms with Crippen molar-refractivity contribution in [2.45, 2.75) is 38.2 Å². The fourth-order valence-corrected chi connectivity index (χ4v) is 5.35. The Morgan fingerprint density at radius 3 is 1.12 bits per heavy atom. The molecule has 0 atom stereocenters. The third-order valence-corrected chi connectivity index (χ3v) is 7.56. The number of carbonyl (C=O) groups is 2. The molecule has 0 fully saturated rings. The van der Waals surface area contributed by atoms with Crippen LogP contribution in [0.3, 0.4) is 0 Å². The van der Waals surface area contributed by atoms with Gasteiger partial charge in [-0.15, -0.1) is 0 Å². The van der Waals surface area contributed by atoms with E-state index >= 15 is 0 Å². The lowest BCUT2D eigenvalue weighted by Gasteiger charge is -2.10. The number of nitrogens with one attached hydrogen (secondary N) is 2. The molecule has 8 nitrogen and oxygen atoms in total. The fraction of sp³-hybridized carbons (Fsp3) is 0.188. The molecule has 41 heavy (non-hydrogen) atoms. The molecule has 0 unspecified atom stereocenters. The van der Waals surface area contributed by atoms with Crippen molar-refractivity contribution in [3.63, 3.8) is 0 Å². The van der Waals surface area contributed by atoms with E-state index < -0.39 is 9.84 Å². The second-order valence-electron chi connectivity index (χ2n) is 9.38. The molecule has 2 amide bonds. The number of carbonyl (C=O) groups excluding carboxylic acids is 2. The monoisotopic (exact) mass is 572 g/mol. The molecule has 4 aromatic rings. The van der Waals surface area contributed by atoms with Gasteiger partial charge in [0.1, 0.15) is 23.0 Å². The Hall–Kier alpha value is -4.63. The largest absolute Gasteiger partial charge is 0.457 e. The van der Waals surface area contributed by atoms with Crippen LogP contribution < -0.4 is 20.1 Å². The second kappa shape index (κ2) is 13.6. The molecule has 0 saturated heterocycles. The lowest BCUT2D eigenvalue weighted by atomic mass is 10.2. The van der Waals surface area contributed by atoms with Crippen LogP contribution in [0, 0.1) is 0 Å². The van der Waals surface area contributed by atoms with Gasteiger partial charge in [0.15, 0.2) is 9.84 Å². The first kappa shape index (κ1) is 29.4. The van der Waals surface area contributed by atoms with Gasteiger partial charge in [-0.2, -0.15) is 0 Å². The Morgan fingerprint density at radius 1 is 0.537 bits per heavy atom. The molecule has 212 valence electrons. The molecule has 2 N–H and O–H groups in total. The van der Waals surface area contributed by atoms with Crippen molar-refractivity contribution >= 4 is 33.0 Å². The summed E-state index contributed by atoms with van der Waals surface area (Å²) in [4.78, 5) is 23.0. The van der Waals surface area contributed by atoms with Crippen molar-refractivity contribution in [2.75, 3.05) is 10.6 Å². The average molecular weight is 573 g/mol. The van der Waals surface area contributed by atoms with E-state index in [-0.39, 0.29) is 23.3 Å². The van der Waals surface area contributed by atoms with Crippen LogP contribution >= 0.6 is 0 Å². The molecule has 9 heteroatoms. The van der Waals surface area contributed by atoms with Crippen molar-refractivity contribution < 1.29 is 27.5 Å². The molecule has 0 saturated carbocycles. The zero-order chi connectivity index (χ0) is 29.2. The number of rotatable bonds is 12. The van der Waals surface area contributed by atoms with Crippen LogP contribution in [0.1, 0.15) is 37.8 Å². The van der Waals surface area contributed by atoms with Crippen molar-refractivity contribution in [1.82, 2.24) is 0 Å². The molecule has 0 spiro atoms. The van der Waals surface area contributed by atoms with E-state index in [1.807, 2.05) is 0 Å². The summed E-state index contributed by atoms with van der Waals surface area (Å²) in [5, 5.41) is 5.56. The first-order valence-electron chi connectivity index (χ1n) is 13.2. The van der Waals surface area contributed by atoms with Crippen LogP contribution in [-0.4, -0.2) is 20.2 Å². The highest BCUT2D eigenvalue weighted by molar-refractivity contribution is 7.89.